The molecule has 6 heteroatoms. The molecule has 0 unspecified atom stereocenters. The molecule has 0 spiro atoms. The molecule has 0 saturated carbocycles. The van der Waals surface area contributed by atoms with Gasteiger partial charge >= 0.3 is 0 Å². The van der Waals surface area contributed by atoms with Crippen molar-refractivity contribution in [3.63, 3.8) is 0 Å². The highest BCUT2D eigenvalue weighted by atomic mass is 19.1. The molecule has 106 valence electrons. The average Bonchev–Trinajstić information content (AvgIpc) is 2.89. The fraction of sp³-hybridized carbons (Fsp3) is 0.0667. The molecule has 4 N–H and O–H groups in total. The third-order valence-corrected chi connectivity index (χ3v) is 3.20. The molecule has 1 aromatic heterocycles. The molecule has 0 aliphatic rings. The zero-order valence-corrected chi connectivity index (χ0v) is 11.1. The van der Waals surface area contributed by atoms with Crippen molar-refractivity contribution in [3.05, 3.63) is 59.5 Å². The zero-order chi connectivity index (χ0) is 14.8. The molecule has 0 saturated heterocycles. The van der Waals surface area contributed by atoms with Gasteiger partial charge in [0.25, 0.3) is 5.91 Å². The SMILES string of the molecule is Nc1ccc2[nH]nc(C(=O)NCc3ccccc3F)c2c1. The lowest BCUT2D eigenvalue weighted by Gasteiger charge is -2.05. The Morgan fingerprint density at radius 3 is 2.90 bits per heavy atom. The van der Waals surface area contributed by atoms with E-state index in [0.717, 1.165) is 5.52 Å². The molecule has 0 aliphatic carbocycles. The van der Waals surface area contributed by atoms with Crippen LogP contribution in [0, 0.1) is 5.82 Å². The maximum atomic E-state index is 13.5. The summed E-state index contributed by atoms with van der Waals surface area (Å²) < 4.78 is 13.5. The van der Waals surface area contributed by atoms with Crippen LogP contribution >= 0.6 is 0 Å². The van der Waals surface area contributed by atoms with Gasteiger partial charge in [-0.2, -0.15) is 5.10 Å². The van der Waals surface area contributed by atoms with Crippen molar-refractivity contribution in [2.75, 3.05) is 5.73 Å². The number of aromatic nitrogens is 2. The standard InChI is InChI=1S/C15H13FN4O/c16-12-4-2-1-3-9(12)8-18-15(21)14-11-7-10(17)5-6-13(11)19-20-14/h1-7H,8,17H2,(H,18,21)(H,19,20). The topological polar surface area (TPSA) is 83.8 Å². The second kappa shape index (κ2) is 5.24. The largest absolute Gasteiger partial charge is 0.399 e. The first-order chi connectivity index (χ1) is 10.1. The number of hydrogen-bond acceptors (Lipinski definition) is 3. The van der Waals surface area contributed by atoms with Crippen molar-refractivity contribution in [2.45, 2.75) is 6.54 Å². The Kier molecular flexibility index (Phi) is 3.27. The molecular formula is C15H13FN4O. The Labute approximate surface area is 120 Å². The highest BCUT2D eigenvalue weighted by Gasteiger charge is 2.14. The van der Waals surface area contributed by atoms with Gasteiger partial charge in [-0.3, -0.25) is 9.89 Å². The summed E-state index contributed by atoms with van der Waals surface area (Å²) in [6, 6.07) is 11.5. The second-order valence-electron chi connectivity index (χ2n) is 4.65. The van der Waals surface area contributed by atoms with Crippen LogP contribution in [-0.4, -0.2) is 16.1 Å². The van der Waals surface area contributed by atoms with Gasteiger partial charge < -0.3 is 11.1 Å². The number of hydrogen-bond donors (Lipinski definition) is 3. The van der Waals surface area contributed by atoms with Gasteiger partial charge in [0.1, 0.15) is 5.82 Å². The number of benzene rings is 2. The molecule has 0 aliphatic heterocycles. The number of amides is 1. The van der Waals surface area contributed by atoms with E-state index in [9.17, 15) is 9.18 Å². The van der Waals surface area contributed by atoms with Crippen molar-refractivity contribution in [3.8, 4) is 0 Å². The highest BCUT2D eigenvalue weighted by molar-refractivity contribution is 6.05. The Hall–Kier alpha value is -2.89. The van der Waals surface area contributed by atoms with Gasteiger partial charge in [-0.25, -0.2) is 4.39 Å². The molecule has 0 fully saturated rings. The van der Waals surface area contributed by atoms with Crippen LogP contribution in [0.25, 0.3) is 10.9 Å². The second-order valence-corrected chi connectivity index (χ2v) is 4.65. The number of H-pyrrole nitrogens is 1. The number of aromatic amines is 1. The monoisotopic (exact) mass is 284 g/mol. The average molecular weight is 284 g/mol. The molecule has 21 heavy (non-hydrogen) atoms. The van der Waals surface area contributed by atoms with Crippen molar-refractivity contribution < 1.29 is 9.18 Å². The number of rotatable bonds is 3. The Morgan fingerprint density at radius 2 is 2.10 bits per heavy atom. The minimum atomic E-state index is -0.380. The predicted molar refractivity (Wildman–Crippen MR) is 78.1 cm³/mol. The number of nitrogens with zero attached hydrogens (tertiary/aromatic N) is 1. The summed E-state index contributed by atoms with van der Waals surface area (Å²) in [6.45, 7) is 0.0994. The molecule has 1 heterocycles. The number of anilines is 1. The lowest BCUT2D eigenvalue weighted by Crippen LogP contribution is -2.23. The van der Waals surface area contributed by atoms with Crippen molar-refractivity contribution in [1.29, 1.82) is 0 Å². The van der Waals surface area contributed by atoms with E-state index in [1.807, 2.05) is 0 Å². The van der Waals surface area contributed by atoms with E-state index in [1.165, 1.54) is 6.07 Å². The number of nitrogens with two attached hydrogens (primary N) is 1. The van der Waals surface area contributed by atoms with E-state index in [4.69, 9.17) is 5.73 Å². The summed E-state index contributed by atoms with van der Waals surface area (Å²) in [7, 11) is 0. The summed E-state index contributed by atoms with van der Waals surface area (Å²) in [5.74, 6) is -0.732. The molecule has 0 atom stereocenters. The van der Waals surface area contributed by atoms with E-state index in [0.29, 0.717) is 16.6 Å². The first-order valence-electron chi connectivity index (χ1n) is 6.40. The lowest BCUT2D eigenvalue weighted by atomic mass is 10.1. The number of fused-ring (bicyclic) bond motifs is 1. The summed E-state index contributed by atoms with van der Waals surface area (Å²) in [6.07, 6.45) is 0. The molecule has 5 nitrogen and oxygen atoms in total. The summed E-state index contributed by atoms with van der Waals surface area (Å²) in [4.78, 5) is 12.2. The third kappa shape index (κ3) is 2.55. The smallest absolute Gasteiger partial charge is 0.272 e. The Bertz CT molecular complexity index is 812. The van der Waals surface area contributed by atoms with Gasteiger partial charge in [-0.15, -0.1) is 0 Å². The number of halogens is 1. The van der Waals surface area contributed by atoms with Gasteiger partial charge in [0.05, 0.1) is 5.52 Å². The van der Waals surface area contributed by atoms with Crippen LogP contribution in [0.15, 0.2) is 42.5 Å². The van der Waals surface area contributed by atoms with Gasteiger partial charge in [0.15, 0.2) is 5.69 Å². The summed E-state index contributed by atoms with van der Waals surface area (Å²) in [5.41, 5.74) is 7.65. The van der Waals surface area contributed by atoms with Crippen LogP contribution in [0.4, 0.5) is 10.1 Å². The number of nitrogen functional groups attached to an aromatic ring is 1. The Balaban J connectivity index is 1.81. The normalized spacial score (nSPS) is 10.7. The maximum absolute atomic E-state index is 13.5. The van der Waals surface area contributed by atoms with Crippen molar-refractivity contribution in [2.24, 2.45) is 0 Å². The quantitative estimate of drug-likeness (QED) is 0.645. The zero-order valence-electron chi connectivity index (χ0n) is 11.1. The predicted octanol–water partition coefficient (Wildman–Crippen LogP) is 2.21. The lowest BCUT2D eigenvalue weighted by molar-refractivity contribution is 0.0947. The van der Waals surface area contributed by atoms with Crippen LogP contribution in [0.2, 0.25) is 0 Å². The maximum Gasteiger partial charge on any atom is 0.272 e. The Morgan fingerprint density at radius 1 is 1.29 bits per heavy atom. The fourth-order valence-corrected chi connectivity index (χ4v) is 2.11. The molecule has 3 rings (SSSR count). The van der Waals surface area contributed by atoms with E-state index < -0.39 is 0 Å². The van der Waals surface area contributed by atoms with Crippen LogP contribution in [-0.2, 0) is 6.54 Å². The molecule has 0 radical (unpaired) electrons. The molecule has 0 bridgehead atoms. The van der Waals surface area contributed by atoms with Crippen LogP contribution in [0.5, 0.6) is 0 Å². The summed E-state index contributed by atoms with van der Waals surface area (Å²) in [5, 5.41) is 10.0. The van der Waals surface area contributed by atoms with E-state index in [-0.39, 0.29) is 24.0 Å². The molecule has 3 aromatic rings. The third-order valence-electron chi connectivity index (χ3n) is 3.20. The summed E-state index contributed by atoms with van der Waals surface area (Å²) >= 11 is 0. The van der Waals surface area contributed by atoms with Crippen molar-refractivity contribution >= 4 is 22.5 Å². The van der Waals surface area contributed by atoms with E-state index in [1.54, 1.807) is 36.4 Å². The molecular weight excluding hydrogens is 271 g/mol. The van der Waals surface area contributed by atoms with Gasteiger partial charge in [0, 0.05) is 23.2 Å². The van der Waals surface area contributed by atoms with Gasteiger partial charge in [-0.05, 0) is 24.3 Å². The van der Waals surface area contributed by atoms with E-state index in [2.05, 4.69) is 15.5 Å². The first kappa shape index (κ1) is 13.1. The van der Waals surface area contributed by atoms with Crippen LogP contribution in [0.3, 0.4) is 0 Å². The van der Waals surface area contributed by atoms with E-state index >= 15 is 0 Å². The van der Waals surface area contributed by atoms with Crippen LogP contribution in [0.1, 0.15) is 16.1 Å². The van der Waals surface area contributed by atoms with Crippen molar-refractivity contribution in [1.82, 2.24) is 15.5 Å². The minimum Gasteiger partial charge on any atom is -0.399 e. The number of nitrogens with one attached hydrogen (secondary N) is 2. The minimum absolute atomic E-state index is 0.0994. The van der Waals surface area contributed by atoms with Gasteiger partial charge in [0.2, 0.25) is 0 Å². The number of carbonyl (C=O) groups is 1. The molecule has 1 amide bonds. The van der Waals surface area contributed by atoms with Crippen LogP contribution < -0.4 is 11.1 Å². The number of carbonyl (C=O) groups excluding carboxylic acids is 1. The highest BCUT2D eigenvalue weighted by Crippen LogP contribution is 2.19. The first-order valence-corrected chi connectivity index (χ1v) is 6.40. The molecule has 2 aromatic carbocycles. The van der Waals surface area contributed by atoms with Gasteiger partial charge in [-0.1, -0.05) is 18.2 Å². The fourth-order valence-electron chi connectivity index (χ4n) is 2.11.